The average Bonchev–Trinajstić information content (AvgIpc) is 3.73. The van der Waals surface area contributed by atoms with Crippen molar-refractivity contribution in [2.75, 3.05) is 5.43 Å². The molecule has 0 saturated carbocycles. The third-order valence-electron chi connectivity index (χ3n) is 11.4. The Morgan fingerprint density at radius 2 is 1.27 bits per heavy atom. The van der Waals surface area contributed by atoms with Crippen LogP contribution in [-0.2, 0) is 5.41 Å². The standard InChI is InChI=1S/C51H38N4/c52-49(36-20-7-2-8-21-36)53-50(38-23-17-22-37(32-38)35-18-5-1-6-19-35)54-55-47-31-16-14-29-42(47)44-33-43-41-28-13-15-30-45(41)51(46(43)34-48(44)55,39-24-9-3-10-25-39)40-26-11-4-12-27-40/h1-26,28-34,40H,27H2,(H2,52,53,54). The van der Waals surface area contributed by atoms with E-state index >= 15 is 0 Å². The third kappa shape index (κ3) is 5.37. The molecule has 55 heavy (non-hydrogen) atoms. The van der Waals surface area contributed by atoms with E-state index in [9.17, 15) is 0 Å². The summed E-state index contributed by atoms with van der Waals surface area (Å²) in [6.07, 6.45) is 10.0. The summed E-state index contributed by atoms with van der Waals surface area (Å²) in [4.78, 5) is 5.05. The molecule has 0 radical (unpaired) electrons. The lowest BCUT2D eigenvalue weighted by Crippen LogP contribution is -2.35. The lowest BCUT2D eigenvalue weighted by atomic mass is 9.62. The van der Waals surface area contributed by atoms with Crippen molar-refractivity contribution >= 4 is 33.5 Å². The molecule has 2 aliphatic carbocycles. The minimum atomic E-state index is -0.402. The molecule has 262 valence electrons. The lowest BCUT2D eigenvalue weighted by molar-refractivity contribution is 0.457. The number of fused-ring (bicyclic) bond motifs is 6. The maximum absolute atomic E-state index is 9.17. The van der Waals surface area contributed by atoms with Gasteiger partial charge in [-0.25, -0.2) is 4.99 Å². The van der Waals surface area contributed by atoms with Crippen LogP contribution in [0.15, 0.2) is 205 Å². The third-order valence-corrected chi connectivity index (χ3v) is 11.4. The molecule has 4 nitrogen and oxygen atoms in total. The number of allylic oxidation sites excluding steroid dienone is 4. The van der Waals surface area contributed by atoms with E-state index in [0.717, 1.165) is 50.5 Å². The van der Waals surface area contributed by atoms with Gasteiger partial charge in [0.2, 0.25) is 0 Å². The lowest BCUT2D eigenvalue weighted by Gasteiger charge is -2.39. The number of amidine groups is 2. The summed E-state index contributed by atoms with van der Waals surface area (Å²) >= 11 is 0. The summed E-state index contributed by atoms with van der Waals surface area (Å²) in [7, 11) is 0. The van der Waals surface area contributed by atoms with Gasteiger partial charge in [0, 0.05) is 21.9 Å². The fraction of sp³-hybridized carbons (Fsp3) is 0.0588. The second-order valence-corrected chi connectivity index (χ2v) is 14.4. The van der Waals surface area contributed by atoms with Crippen molar-refractivity contribution in [3.8, 4) is 22.3 Å². The SMILES string of the molecule is N=C(N=C(Nn1c2ccccc2c2cc3c(cc21)C(c1ccccc1)(C1C=CC=CC1)c1ccccc1-3)c1cccc(-c2ccccc2)c1)c1ccccc1. The predicted molar refractivity (Wildman–Crippen MR) is 229 cm³/mol. The number of nitrogens with zero attached hydrogens (tertiary/aromatic N) is 2. The Kier molecular flexibility index (Phi) is 7.96. The Labute approximate surface area is 320 Å². The minimum Gasteiger partial charge on any atom is -0.282 e. The van der Waals surface area contributed by atoms with E-state index < -0.39 is 5.41 Å². The van der Waals surface area contributed by atoms with E-state index in [-0.39, 0.29) is 11.8 Å². The summed E-state index contributed by atoms with van der Waals surface area (Å²) in [6.45, 7) is 0. The van der Waals surface area contributed by atoms with E-state index in [2.05, 4.69) is 174 Å². The first-order valence-corrected chi connectivity index (χ1v) is 18.9. The maximum atomic E-state index is 9.17. The van der Waals surface area contributed by atoms with Gasteiger partial charge < -0.3 is 0 Å². The number of benzene rings is 7. The molecule has 2 N–H and O–H groups in total. The summed E-state index contributed by atoms with van der Waals surface area (Å²) in [6, 6.07) is 62.0. The zero-order chi connectivity index (χ0) is 36.8. The van der Waals surface area contributed by atoms with Crippen LogP contribution in [0, 0.1) is 11.3 Å². The van der Waals surface area contributed by atoms with Crippen LogP contribution in [0.4, 0.5) is 0 Å². The van der Waals surface area contributed by atoms with Crippen LogP contribution in [0.2, 0.25) is 0 Å². The van der Waals surface area contributed by atoms with Gasteiger partial charge >= 0.3 is 0 Å². The smallest absolute Gasteiger partial charge is 0.154 e. The minimum absolute atomic E-state index is 0.186. The molecule has 0 aliphatic heterocycles. The first-order chi connectivity index (χ1) is 27.2. The molecular weight excluding hydrogens is 669 g/mol. The zero-order valence-electron chi connectivity index (χ0n) is 30.2. The highest BCUT2D eigenvalue weighted by Gasteiger charge is 2.49. The fourth-order valence-corrected chi connectivity index (χ4v) is 8.93. The van der Waals surface area contributed by atoms with Gasteiger partial charge in [-0.3, -0.25) is 15.5 Å². The van der Waals surface area contributed by atoms with Gasteiger partial charge in [0.25, 0.3) is 0 Å². The van der Waals surface area contributed by atoms with Gasteiger partial charge in [-0.1, -0.05) is 176 Å². The van der Waals surface area contributed by atoms with Crippen molar-refractivity contribution in [1.82, 2.24) is 4.68 Å². The average molecular weight is 707 g/mol. The fourth-order valence-electron chi connectivity index (χ4n) is 8.93. The quantitative estimate of drug-likeness (QED) is 0.131. The van der Waals surface area contributed by atoms with Crippen molar-refractivity contribution < 1.29 is 0 Å². The Morgan fingerprint density at radius 1 is 0.582 bits per heavy atom. The Bertz CT molecular complexity index is 2830. The van der Waals surface area contributed by atoms with E-state index in [1.165, 1.54) is 27.8 Å². The van der Waals surface area contributed by atoms with Crippen molar-refractivity contribution in [2.24, 2.45) is 10.9 Å². The van der Waals surface area contributed by atoms with Crippen molar-refractivity contribution in [3.05, 3.63) is 228 Å². The Balaban J connectivity index is 1.22. The number of hydrogen-bond donors (Lipinski definition) is 2. The summed E-state index contributed by atoms with van der Waals surface area (Å²) in [5.41, 5.74) is 15.8. The molecule has 0 saturated heterocycles. The van der Waals surface area contributed by atoms with Gasteiger partial charge in [0.1, 0.15) is 0 Å². The molecule has 0 amide bonds. The molecule has 4 heteroatoms. The molecule has 10 rings (SSSR count). The number of aliphatic imine (C=N–C) groups is 1. The Morgan fingerprint density at radius 3 is 2.07 bits per heavy atom. The topological polar surface area (TPSA) is 53.2 Å². The van der Waals surface area contributed by atoms with Crippen LogP contribution in [-0.4, -0.2) is 16.3 Å². The molecule has 2 aliphatic rings. The highest BCUT2D eigenvalue weighted by atomic mass is 15.4. The van der Waals surface area contributed by atoms with Gasteiger partial charge in [0.15, 0.2) is 11.7 Å². The van der Waals surface area contributed by atoms with Crippen LogP contribution in [0.3, 0.4) is 0 Å². The van der Waals surface area contributed by atoms with Gasteiger partial charge in [-0.2, -0.15) is 0 Å². The van der Waals surface area contributed by atoms with Crippen LogP contribution < -0.4 is 5.43 Å². The number of rotatable bonds is 6. The van der Waals surface area contributed by atoms with Crippen LogP contribution in [0.1, 0.15) is 34.2 Å². The maximum Gasteiger partial charge on any atom is 0.154 e. The molecule has 0 bridgehead atoms. The normalized spacial score (nSPS) is 17.3. The first kappa shape index (κ1) is 32.6. The zero-order valence-corrected chi connectivity index (χ0v) is 30.2. The van der Waals surface area contributed by atoms with E-state index in [4.69, 9.17) is 10.4 Å². The molecule has 8 aromatic rings. The monoisotopic (exact) mass is 706 g/mol. The molecule has 1 aromatic heterocycles. The highest BCUT2D eigenvalue weighted by Crippen LogP contribution is 2.58. The van der Waals surface area contributed by atoms with Crippen LogP contribution >= 0.6 is 0 Å². The number of nitrogens with one attached hydrogen (secondary N) is 2. The van der Waals surface area contributed by atoms with E-state index in [1.807, 2.05) is 36.4 Å². The predicted octanol–water partition coefficient (Wildman–Crippen LogP) is 11.9. The highest BCUT2D eigenvalue weighted by molar-refractivity contribution is 6.17. The second-order valence-electron chi connectivity index (χ2n) is 14.4. The molecule has 2 atom stereocenters. The molecule has 0 fully saturated rings. The van der Waals surface area contributed by atoms with Gasteiger partial charge in [-0.05, 0) is 75.5 Å². The van der Waals surface area contributed by atoms with E-state index in [1.54, 1.807) is 0 Å². The van der Waals surface area contributed by atoms with Crippen molar-refractivity contribution in [1.29, 1.82) is 5.41 Å². The number of hydrogen-bond acceptors (Lipinski definition) is 1. The van der Waals surface area contributed by atoms with Crippen LogP contribution in [0.25, 0.3) is 44.1 Å². The molecule has 0 spiro atoms. The van der Waals surface area contributed by atoms with E-state index in [0.29, 0.717) is 5.84 Å². The van der Waals surface area contributed by atoms with Gasteiger partial charge in [-0.15, -0.1) is 0 Å². The molecule has 7 aromatic carbocycles. The summed E-state index contributed by atoms with van der Waals surface area (Å²) in [5.74, 6) is 0.994. The van der Waals surface area contributed by atoms with Gasteiger partial charge in [0.05, 0.1) is 16.4 Å². The largest absolute Gasteiger partial charge is 0.282 e. The molecular formula is C51H38N4. The molecule has 1 heterocycles. The summed E-state index contributed by atoms with van der Waals surface area (Å²) in [5, 5.41) is 11.5. The van der Waals surface area contributed by atoms with Crippen molar-refractivity contribution in [2.45, 2.75) is 11.8 Å². The summed E-state index contributed by atoms with van der Waals surface area (Å²) < 4.78 is 2.19. The Hall–Kier alpha value is -7.04. The first-order valence-electron chi connectivity index (χ1n) is 18.9. The second kappa shape index (κ2) is 13.4. The molecule has 2 unspecified atom stereocenters. The number of aromatic nitrogens is 1. The van der Waals surface area contributed by atoms with Crippen LogP contribution in [0.5, 0.6) is 0 Å². The number of para-hydroxylation sites is 1. The van der Waals surface area contributed by atoms with Crippen molar-refractivity contribution in [3.63, 3.8) is 0 Å².